The summed E-state index contributed by atoms with van der Waals surface area (Å²) in [6.45, 7) is 0. The SMILES string of the molecule is C[N](C)[Ge][Cl]. The van der Waals surface area contributed by atoms with Gasteiger partial charge in [0.2, 0.25) is 0 Å². The molecule has 0 aliphatic rings. The van der Waals surface area contributed by atoms with Crippen molar-refractivity contribution in [2.75, 3.05) is 14.1 Å². The molecule has 0 aliphatic carbocycles. The van der Waals surface area contributed by atoms with Crippen molar-refractivity contribution in [3.8, 4) is 0 Å². The standard InChI is InChI=1S/C2H6ClGeN/c1-5(2)4-3/h1-2H3. The van der Waals surface area contributed by atoms with E-state index in [2.05, 4.69) is 0 Å². The van der Waals surface area contributed by atoms with Gasteiger partial charge in [0, 0.05) is 0 Å². The summed E-state index contributed by atoms with van der Waals surface area (Å²) >= 11 is -0.250. The van der Waals surface area contributed by atoms with Gasteiger partial charge >= 0.3 is 42.7 Å². The molecule has 3 heteroatoms. The first-order valence-electron chi connectivity index (χ1n) is 1.31. The molecule has 0 heterocycles. The summed E-state index contributed by atoms with van der Waals surface area (Å²) in [5.74, 6) is 0. The van der Waals surface area contributed by atoms with Gasteiger partial charge in [-0.3, -0.25) is 0 Å². The molecule has 0 rings (SSSR count). The van der Waals surface area contributed by atoms with Gasteiger partial charge in [0.15, 0.2) is 0 Å². The maximum absolute atomic E-state index is 5.39. The Hall–Kier alpha value is 0.793. The van der Waals surface area contributed by atoms with Crippen LogP contribution in [0.4, 0.5) is 0 Å². The van der Waals surface area contributed by atoms with Crippen LogP contribution in [0.15, 0.2) is 0 Å². The number of hydrogen-bond donors (Lipinski definition) is 0. The third kappa shape index (κ3) is 4.79. The topological polar surface area (TPSA) is 3.24 Å². The fourth-order valence-corrected chi connectivity index (χ4v) is 0. The average Bonchev–Trinajstić information content (AvgIpc) is 1.38. The quantitative estimate of drug-likeness (QED) is 0.489. The van der Waals surface area contributed by atoms with Crippen molar-refractivity contribution in [3.05, 3.63) is 0 Å². The predicted octanol–water partition coefficient (Wildman–Crippen LogP) is 0.321. The van der Waals surface area contributed by atoms with Crippen molar-refractivity contribution in [2.45, 2.75) is 0 Å². The van der Waals surface area contributed by atoms with Crippen molar-refractivity contribution in [3.63, 3.8) is 0 Å². The van der Waals surface area contributed by atoms with Crippen LogP contribution in [-0.2, 0) is 0 Å². The molecule has 5 heavy (non-hydrogen) atoms. The van der Waals surface area contributed by atoms with E-state index in [9.17, 15) is 0 Å². The van der Waals surface area contributed by atoms with Gasteiger partial charge < -0.3 is 0 Å². The molecule has 0 bridgehead atoms. The van der Waals surface area contributed by atoms with E-state index in [0.717, 1.165) is 0 Å². The van der Waals surface area contributed by atoms with E-state index in [4.69, 9.17) is 10.0 Å². The summed E-state index contributed by atoms with van der Waals surface area (Å²) < 4.78 is 2.02. The number of rotatable bonds is 1. The fraction of sp³-hybridized carbons (Fsp3) is 1.00. The van der Waals surface area contributed by atoms with Gasteiger partial charge in [-0.05, 0) is 0 Å². The second-order valence-corrected chi connectivity index (χ2v) is 4.09. The van der Waals surface area contributed by atoms with Crippen molar-refractivity contribution in [1.82, 2.24) is 3.86 Å². The first kappa shape index (κ1) is 5.79. The fourth-order valence-electron chi connectivity index (χ4n) is 0. The summed E-state index contributed by atoms with van der Waals surface area (Å²) in [7, 11) is 9.35. The van der Waals surface area contributed by atoms with E-state index >= 15 is 0 Å². The molecule has 0 unspecified atom stereocenters. The van der Waals surface area contributed by atoms with Crippen molar-refractivity contribution in [1.29, 1.82) is 0 Å². The first-order chi connectivity index (χ1) is 2.27. The zero-order valence-corrected chi connectivity index (χ0v) is 6.18. The first-order valence-corrected chi connectivity index (χ1v) is 5.00. The number of halogens is 1. The summed E-state index contributed by atoms with van der Waals surface area (Å²) in [6, 6.07) is 0. The van der Waals surface area contributed by atoms with Crippen molar-refractivity contribution in [2.24, 2.45) is 0 Å². The summed E-state index contributed by atoms with van der Waals surface area (Å²) in [6.07, 6.45) is 0. The monoisotopic (exact) mass is 153 g/mol. The summed E-state index contributed by atoms with van der Waals surface area (Å²) in [4.78, 5) is 0. The Morgan fingerprint density at radius 1 is 1.60 bits per heavy atom. The van der Waals surface area contributed by atoms with Gasteiger partial charge in [-0.25, -0.2) is 0 Å². The second kappa shape index (κ2) is 3.00. The van der Waals surface area contributed by atoms with Crippen LogP contribution in [0.25, 0.3) is 0 Å². The molecule has 0 aromatic rings. The summed E-state index contributed by atoms with van der Waals surface area (Å²) in [5, 5.41) is 0. The normalized spacial score (nSPS) is 9.60. The van der Waals surface area contributed by atoms with Crippen LogP contribution in [0.3, 0.4) is 0 Å². The zero-order valence-electron chi connectivity index (χ0n) is 3.33. The second-order valence-electron chi connectivity index (χ2n) is 0.979. The minimum absolute atomic E-state index is 0.250. The van der Waals surface area contributed by atoms with Gasteiger partial charge in [0.25, 0.3) is 0 Å². The predicted molar refractivity (Wildman–Crippen MR) is 25.3 cm³/mol. The van der Waals surface area contributed by atoms with Gasteiger partial charge in [0.1, 0.15) is 0 Å². The van der Waals surface area contributed by atoms with E-state index in [0.29, 0.717) is 0 Å². The van der Waals surface area contributed by atoms with E-state index < -0.39 is 0 Å². The molecule has 2 radical (unpaired) electrons. The maximum atomic E-state index is 5.39. The number of hydrogen-bond acceptors (Lipinski definition) is 1. The van der Waals surface area contributed by atoms with Gasteiger partial charge in [0.05, 0.1) is 0 Å². The molecule has 0 aliphatic heterocycles. The Bertz CT molecular complexity index is 23.6. The van der Waals surface area contributed by atoms with Crippen LogP contribution in [0.1, 0.15) is 0 Å². The van der Waals surface area contributed by atoms with Crippen LogP contribution >= 0.6 is 10.0 Å². The van der Waals surface area contributed by atoms with Crippen LogP contribution in [0.2, 0.25) is 0 Å². The van der Waals surface area contributed by atoms with E-state index in [1.807, 2.05) is 18.0 Å². The molecular formula is C2H6ClGeN. The van der Waals surface area contributed by atoms with Gasteiger partial charge in [-0.1, -0.05) is 0 Å². The molecule has 1 nitrogen and oxygen atoms in total. The van der Waals surface area contributed by atoms with E-state index in [-0.39, 0.29) is 14.7 Å². The summed E-state index contributed by atoms with van der Waals surface area (Å²) in [5.41, 5.74) is 0. The van der Waals surface area contributed by atoms with Crippen molar-refractivity contribution >= 4 is 24.7 Å². The van der Waals surface area contributed by atoms with Crippen molar-refractivity contribution < 1.29 is 0 Å². The Kier molecular flexibility index (Phi) is 3.48. The molecule has 0 amide bonds. The molecule has 0 N–H and O–H groups in total. The molecule has 0 saturated heterocycles. The third-order valence-electron chi connectivity index (χ3n) is 0.169. The Morgan fingerprint density at radius 2 is 1.80 bits per heavy atom. The minimum atomic E-state index is -0.250. The zero-order chi connectivity index (χ0) is 4.28. The average molecular weight is 152 g/mol. The molecule has 0 fully saturated rings. The van der Waals surface area contributed by atoms with E-state index in [1.165, 1.54) is 0 Å². The Balaban J connectivity index is 2.54. The molecular weight excluding hydrogens is 146 g/mol. The number of nitrogens with zero attached hydrogens (tertiary/aromatic N) is 1. The molecule has 0 atom stereocenters. The van der Waals surface area contributed by atoms with Crippen LogP contribution in [0, 0.1) is 0 Å². The molecule has 0 aromatic carbocycles. The van der Waals surface area contributed by atoms with Crippen LogP contribution in [0.5, 0.6) is 0 Å². The van der Waals surface area contributed by atoms with Gasteiger partial charge in [-0.15, -0.1) is 0 Å². The van der Waals surface area contributed by atoms with Crippen LogP contribution in [-0.4, -0.2) is 32.7 Å². The van der Waals surface area contributed by atoms with Gasteiger partial charge in [-0.2, -0.15) is 0 Å². The molecule has 0 spiro atoms. The molecule has 0 aromatic heterocycles. The molecule has 0 saturated carbocycles. The molecule has 30 valence electrons. The third-order valence-corrected chi connectivity index (χ3v) is 2.63. The Labute approximate surface area is 43.2 Å². The van der Waals surface area contributed by atoms with Crippen LogP contribution < -0.4 is 0 Å². The van der Waals surface area contributed by atoms with E-state index in [1.54, 1.807) is 0 Å². The Morgan fingerprint density at radius 3 is 1.80 bits per heavy atom.